The maximum Gasteiger partial charge on any atom is 0.198 e. The van der Waals surface area contributed by atoms with Crippen molar-refractivity contribution in [3.05, 3.63) is 82.7 Å². The van der Waals surface area contributed by atoms with Crippen molar-refractivity contribution in [3.8, 4) is 0 Å². The Kier molecular flexibility index (Phi) is 4.93. The Hall–Kier alpha value is -2.33. The normalized spacial score (nSPS) is 13.7. The van der Waals surface area contributed by atoms with E-state index >= 15 is 0 Å². The van der Waals surface area contributed by atoms with E-state index in [-0.39, 0.29) is 5.78 Å². The zero-order valence-corrected chi connectivity index (χ0v) is 15.6. The molecule has 1 aromatic heterocycles. The summed E-state index contributed by atoms with van der Waals surface area (Å²) >= 11 is 1.79. The lowest BCUT2D eigenvalue weighted by atomic mass is 9.94. The molecule has 132 valence electrons. The van der Waals surface area contributed by atoms with Gasteiger partial charge in [0.25, 0.3) is 0 Å². The fourth-order valence-electron chi connectivity index (χ4n) is 3.21. The Morgan fingerprint density at radius 3 is 2.69 bits per heavy atom. The number of nitrogens with zero attached hydrogens (tertiary/aromatic N) is 1. The van der Waals surface area contributed by atoms with Crippen molar-refractivity contribution >= 4 is 17.5 Å². The lowest BCUT2D eigenvalue weighted by Gasteiger charge is -2.11. The molecular weight excluding hydrogens is 342 g/mol. The highest BCUT2D eigenvalue weighted by Gasteiger charge is 2.33. The molecule has 1 heterocycles. The van der Waals surface area contributed by atoms with Crippen LogP contribution < -0.4 is 0 Å². The monoisotopic (exact) mass is 363 g/mol. The summed E-state index contributed by atoms with van der Waals surface area (Å²) in [6.45, 7) is 2.14. The minimum absolute atomic E-state index is 0.0205. The lowest BCUT2D eigenvalue weighted by Crippen LogP contribution is -2.07. The molecule has 0 unspecified atom stereocenters. The first-order valence-electron chi connectivity index (χ1n) is 9.05. The second-order valence-corrected chi connectivity index (χ2v) is 7.96. The zero-order valence-electron chi connectivity index (χ0n) is 14.8. The van der Waals surface area contributed by atoms with Crippen LogP contribution in [0.5, 0.6) is 0 Å². The number of carbonyl (C=O) groups is 1. The predicted octanol–water partition coefficient (Wildman–Crippen LogP) is 5.49. The lowest BCUT2D eigenvalue weighted by molar-refractivity contribution is 0.103. The molecule has 0 aliphatic heterocycles. The van der Waals surface area contributed by atoms with E-state index in [2.05, 4.69) is 30.3 Å². The van der Waals surface area contributed by atoms with Gasteiger partial charge in [-0.1, -0.05) is 42.4 Å². The van der Waals surface area contributed by atoms with Crippen LogP contribution in [0.4, 0.5) is 0 Å². The van der Waals surface area contributed by atoms with Gasteiger partial charge in [0, 0.05) is 16.4 Å². The van der Waals surface area contributed by atoms with Gasteiger partial charge >= 0.3 is 0 Å². The zero-order chi connectivity index (χ0) is 17.9. The molecule has 3 nitrogen and oxygen atoms in total. The third-order valence-electron chi connectivity index (χ3n) is 4.66. The van der Waals surface area contributed by atoms with Crippen molar-refractivity contribution in [2.45, 2.75) is 37.0 Å². The van der Waals surface area contributed by atoms with Gasteiger partial charge in [0.1, 0.15) is 0 Å². The number of thioether (sulfide) groups is 1. The predicted molar refractivity (Wildman–Crippen MR) is 104 cm³/mol. The topological polar surface area (TPSA) is 43.1 Å². The molecule has 1 aliphatic carbocycles. The van der Waals surface area contributed by atoms with Gasteiger partial charge in [-0.2, -0.15) is 0 Å². The summed E-state index contributed by atoms with van der Waals surface area (Å²) in [5, 5.41) is 3.89. The summed E-state index contributed by atoms with van der Waals surface area (Å²) < 4.78 is 5.38. The van der Waals surface area contributed by atoms with Gasteiger partial charge in [-0.25, -0.2) is 0 Å². The van der Waals surface area contributed by atoms with E-state index in [1.807, 2.05) is 30.3 Å². The van der Waals surface area contributed by atoms with Crippen molar-refractivity contribution in [1.82, 2.24) is 5.16 Å². The van der Waals surface area contributed by atoms with E-state index in [0.29, 0.717) is 11.5 Å². The third-order valence-corrected chi connectivity index (χ3v) is 5.54. The molecule has 1 aliphatic rings. The minimum Gasteiger partial charge on any atom is -0.360 e. The summed E-state index contributed by atoms with van der Waals surface area (Å²) in [4.78, 5) is 14.4. The molecule has 0 amide bonds. The fourth-order valence-corrected chi connectivity index (χ4v) is 3.94. The minimum atomic E-state index is 0.0205. The molecule has 0 saturated heterocycles. The molecule has 0 bridgehead atoms. The highest BCUT2D eigenvalue weighted by molar-refractivity contribution is 7.99. The SMILES string of the molecule is CCSc1ccc(C(=O)c2cnoc2C2CC2)c(Cc2ccccc2)c1. The van der Waals surface area contributed by atoms with E-state index in [9.17, 15) is 4.79 Å². The van der Waals surface area contributed by atoms with Crippen LogP contribution >= 0.6 is 11.8 Å². The van der Waals surface area contributed by atoms with Gasteiger partial charge in [0.15, 0.2) is 11.5 Å². The molecule has 0 radical (unpaired) electrons. The number of rotatable bonds is 7. The molecule has 0 N–H and O–H groups in total. The molecule has 4 heteroatoms. The summed E-state index contributed by atoms with van der Waals surface area (Å²) in [5.41, 5.74) is 3.63. The van der Waals surface area contributed by atoms with Crippen LogP contribution in [0.1, 0.15) is 58.5 Å². The molecule has 0 spiro atoms. The van der Waals surface area contributed by atoms with E-state index in [1.54, 1.807) is 18.0 Å². The van der Waals surface area contributed by atoms with Crippen molar-refractivity contribution in [3.63, 3.8) is 0 Å². The van der Waals surface area contributed by atoms with Gasteiger partial charge in [0.2, 0.25) is 0 Å². The van der Waals surface area contributed by atoms with Crippen LogP contribution in [0.3, 0.4) is 0 Å². The maximum atomic E-state index is 13.2. The van der Waals surface area contributed by atoms with Crippen LogP contribution in [0, 0.1) is 0 Å². The number of benzene rings is 2. The second-order valence-electron chi connectivity index (χ2n) is 6.62. The van der Waals surface area contributed by atoms with Crippen molar-refractivity contribution < 1.29 is 9.32 Å². The van der Waals surface area contributed by atoms with Crippen LogP contribution in [0.2, 0.25) is 0 Å². The first kappa shape index (κ1) is 17.1. The average Bonchev–Trinajstić information content (AvgIpc) is 3.39. The third kappa shape index (κ3) is 3.61. The molecule has 26 heavy (non-hydrogen) atoms. The number of hydrogen-bond acceptors (Lipinski definition) is 4. The number of carbonyl (C=O) groups excluding carboxylic acids is 1. The molecule has 4 rings (SSSR count). The van der Waals surface area contributed by atoms with Gasteiger partial charge in [-0.3, -0.25) is 4.79 Å². The van der Waals surface area contributed by atoms with Gasteiger partial charge < -0.3 is 4.52 Å². The highest BCUT2D eigenvalue weighted by Crippen LogP contribution is 2.42. The Labute approximate surface area is 157 Å². The Bertz CT molecular complexity index is 913. The van der Waals surface area contributed by atoms with Crippen LogP contribution in [-0.4, -0.2) is 16.7 Å². The van der Waals surface area contributed by atoms with Gasteiger partial charge in [-0.15, -0.1) is 11.8 Å². The summed E-state index contributed by atoms with van der Waals surface area (Å²) in [6, 6.07) is 16.4. The van der Waals surface area contributed by atoms with Crippen LogP contribution in [-0.2, 0) is 6.42 Å². The molecule has 1 saturated carbocycles. The quantitative estimate of drug-likeness (QED) is 0.411. The fraction of sp³-hybridized carbons (Fsp3) is 0.273. The van der Waals surface area contributed by atoms with E-state index in [4.69, 9.17) is 4.52 Å². The molecule has 1 fully saturated rings. The van der Waals surface area contributed by atoms with Crippen molar-refractivity contribution in [2.75, 3.05) is 5.75 Å². The molecule has 0 atom stereocenters. The van der Waals surface area contributed by atoms with Crippen molar-refractivity contribution in [2.24, 2.45) is 0 Å². The standard InChI is InChI=1S/C22H21NO2S/c1-2-26-18-10-11-19(17(13-18)12-15-6-4-3-5-7-15)21(24)20-14-23-25-22(20)16-8-9-16/h3-7,10-11,13-14,16H,2,8-9,12H2,1H3. The first-order chi connectivity index (χ1) is 12.8. The van der Waals surface area contributed by atoms with E-state index in [0.717, 1.165) is 41.9 Å². The van der Waals surface area contributed by atoms with E-state index < -0.39 is 0 Å². The smallest absolute Gasteiger partial charge is 0.198 e. The molecule has 3 aromatic rings. The van der Waals surface area contributed by atoms with E-state index in [1.165, 1.54) is 10.5 Å². The Morgan fingerprint density at radius 1 is 1.15 bits per heavy atom. The molecular formula is C22H21NO2S. The van der Waals surface area contributed by atoms with Gasteiger partial charge in [0.05, 0.1) is 11.8 Å². The number of aromatic nitrogens is 1. The number of ketones is 1. The first-order valence-corrected chi connectivity index (χ1v) is 10.0. The van der Waals surface area contributed by atoms with Gasteiger partial charge in [-0.05, 0) is 54.3 Å². The molecule has 2 aromatic carbocycles. The Balaban J connectivity index is 1.71. The van der Waals surface area contributed by atoms with Crippen LogP contribution in [0.15, 0.2) is 64.1 Å². The van der Waals surface area contributed by atoms with Crippen LogP contribution in [0.25, 0.3) is 0 Å². The summed E-state index contributed by atoms with van der Waals surface area (Å²) in [5.74, 6) is 2.15. The second kappa shape index (κ2) is 7.50. The number of hydrogen-bond donors (Lipinski definition) is 0. The Morgan fingerprint density at radius 2 is 1.96 bits per heavy atom. The summed E-state index contributed by atoms with van der Waals surface area (Å²) in [7, 11) is 0. The largest absolute Gasteiger partial charge is 0.360 e. The average molecular weight is 363 g/mol. The highest BCUT2D eigenvalue weighted by atomic mass is 32.2. The van der Waals surface area contributed by atoms with Crippen molar-refractivity contribution in [1.29, 1.82) is 0 Å². The summed E-state index contributed by atoms with van der Waals surface area (Å²) in [6.07, 6.45) is 4.48. The maximum absolute atomic E-state index is 13.2.